The summed E-state index contributed by atoms with van der Waals surface area (Å²) in [6, 6.07) is 0. The molecule has 0 aromatic carbocycles. The molecule has 2 N–H and O–H groups in total. The highest BCUT2D eigenvalue weighted by atomic mass is 16.6. The minimum Gasteiger partial charge on any atom is -0.464 e. The van der Waals surface area contributed by atoms with Crippen molar-refractivity contribution in [2.75, 3.05) is 40.1 Å². The van der Waals surface area contributed by atoms with Crippen LogP contribution in [-0.4, -0.2) is 46.1 Å². The highest BCUT2D eigenvalue weighted by molar-refractivity contribution is 5.70. The van der Waals surface area contributed by atoms with Crippen molar-refractivity contribution in [3.05, 3.63) is 0 Å². The van der Waals surface area contributed by atoms with Gasteiger partial charge in [-0.2, -0.15) is 0 Å². The number of rotatable bonds is 9. The molecule has 0 radical (unpaired) electrons. The molecule has 0 aromatic heterocycles. The lowest BCUT2D eigenvalue weighted by molar-refractivity contribution is -0.149. The average molecular weight is 207 g/mol. The van der Waals surface area contributed by atoms with Crippen LogP contribution in [0.4, 0.5) is 0 Å². The normalized spacial score (nSPS) is 10.1. The molecule has 14 heavy (non-hydrogen) atoms. The Morgan fingerprint density at radius 1 is 1.21 bits per heavy atom. The monoisotopic (exact) mass is 207 g/mol. The SMILES string of the molecule is COCCOCCCOC(=O)CON. The van der Waals surface area contributed by atoms with Crippen LogP contribution in [0.3, 0.4) is 0 Å². The summed E-state index contributed by atoms with van der Waals surface area (Å²) in [6.07, 6.45) is 0.653. The summed E-state index contributed by atoms with van der Waals surface area (Å²) < 4.78 is 14.7. The van der Waals surface area contributed by atoms with Gasteiger partial charge in [-0.15, -0.1) is 0 Å². The fourth-order valence-electron chi connectivity index (χ4n) is 0.701. The largest absolute Gasteiger partial charge is 0.464 e. The van der Waals surface area contributed by atoms with Gasteiger partial charge in [-0.3, -0.25) is 4.84 Å². The molecule has 0 heterocycles. The number of carbonyl (C=O) groups is 1. The van der Waals surface area contributed by atoms with Gasteiger partial charge in [0.1, 0.15) is 0 Å². The molecule has 0 aliphatic heterocycles. The molecule has 0 aromatic rings. The van der Waals surface area contributed by atoms with Crippen LogP contribution >= 0.6 is 0 Å². The first-order valence-corrected chi connectivity index (χ1v) is 4.35. The summed E-state index contributed by atoms with van der Waals surface area (Å²) in [7, 11) is 1.61. The predicted molar refractivity (Wildman–Crippen MR) is 48.4 cm³/mol. The lowest BCUT2D eigenvalue weighted by atomic mass is 10.5. The number of nitrogens with two attached hydrogens (primary N) is 1. The zero-order valence-corrected chi connectivity index (χ0v) is 8.36. The number of esters is 1. The molecule has 0 spiro atoms. The summed E-state index contributed by atoms with van der Waals surface area (Å²) in [6.45, 7) is 1.76. The van der Waals surface area contributed by atoms with Gasteiger partial charge in [-0.1, -0.05) is 0 Å². The number of methoxy groups -OCH3 is 1. The zero-order chi connectivity index (χ0) is 10.6. The third kappa shape index (κ3) is 9.40. The van der Waals surface area contributed by atoms with Gasteiger partial charge in [-0.25, -0.2) is 10.7 Å². The van der Waals surface area contributed by atoms with Crippen molar-refractivity contribution in [3.8, 4) is 0 Å². The molecule has 84 valence electrons. The standard InChI is InChI=1S/C8H17NO5/c1-11-5-6-12-3-2-4-13-8(10)7-14-9/h2-7,9H2,1H3. The molecule has 0 rings (SSSR count). The van der Waals surface area contributed by atoms with E-state index >= 15 is 0 Å². The average Bonchev–Trinajstić information content (AvgIpc) is 2.17. The maximum Gasteiger partial charge on any atom is 0.334 e. The zero-order valence-electron chi connectivity index (χ0n) is 8.36. The predicted octanol–water partition coefficient (Wildman–Crippen LogP) is -0.527. The van der Waals surface area contributed by atoms with Gasteiger partial charge in [0, 0.05) is 20.1 Å². The van der Waals surface area contributed by atoms with Crippen molar-refractivity contribution < 1.29 is 23.8 Å². The van der Waals surface area contributed by atoms with E-state index in [2.05, 4.69) is 10.7 Å². The molecule has 6 heteroatoms. The van der Waals surface area contributed by atoms with E-state index in [1.54, 1.807) is 7.11 Å². The Balaban J connectivity index is 3.01. The second-order valence-electron chi connectivity index (χ2n) is 2.49. The molecule has 0 fully saturated rings. The van der Waals surface area contributed by atoms with Crippen molar-refractivity contribution in [1.29, 1.82) is 0 Å². The van der Waals surface area contributed by atoms with Crippen LogP contribution in [0.5, 0.6) is 0 Å². The van der Waals surface area contributed by atoms with Gasteiger partial charge in [0.15, 0.2) is 6.61 Å². The Kier molecular flexibility index (Phi) is 9.88. The lowest BCUT2D eigenvalue weighted by Crippen LogP contribution is -2.16. The Morgan fingerprint density at radius 2 is 2.00 bits per heavy atom. The fourth-order valence-corrected chi connectivity index (χ4v) is 0.701. The number of carbonyl (C=O) groups excluding carboxylic acids is 1. The quantitative estimate of drug-likeness (QED) is 0.311. The fraction of sp³-hybridized carbons (Fsp3) is 0.875. The number of hydrogen-bond acceptors (Lipinski definition) is 6. The molecule has 0 saturated carbocycles. The Bertz CT molecular complexity index is 142. The molecule has 0 atom stereocenters. The summed E-state index contributed by atoms with van der Waals surface area (Å²) >= 11 is 0. The Morgan fingerprint density at radius 3 is 2.64 bits per heavy atom. The van der Waals surface area contributed by atoms with Crippen LogP contribution in [0.2, 0.25) is 0 Å². The minimum absolute atomic E-state index is 0.218. The van der Waals surface area contributed by atoms with E-state index in [1.165, 1.54) is 0 Å². The first-order valence-electron chi connectivity index (χ1n) is 4.35. The van der Waals surface area contributed by atoms with Gasteiger partial charge < -0.3 is 14.2 Å². The van der Waals surface area contributed by atoms with Crippen molar-refractivity contribution in [3.63, 3.8) is 0 Å². The van der Waals surface area contributed by atoms with E-state index in [1.807, 2.05) is 0 Å². The van der Waals surface area contributed by atoms with E-state index in [0.717, 1.165) is 0 Å². The van der Waals surface area contributed by atoms with E-state index in [9.17, 15) is 4.79 Å². The highest BCUT2D eigenvalue weighted by Gasteiger charge is 2.00. The molecular weight excluding hydrogens is 190 g/mol. The third-order valence-corrected chi connectivity index (χ3v) is 1.33. The minimum atomic E-state index is -0.468. The first-order chi connectivity index (χ1) is 6.81. The lowest BCUT2D eigenvalue weighted by Gasteiger charge is -2.04. The van der Waals surface area contributed by atoms with Crippen LogP contribution < -0.4 is 5.90 Å². The van der Waals surface area contributed by atoms with Crippen LogP contribution in [0.15, 0.2) is 0 Å². The van der Waals surface area contributed by atoms with Gasteiger partial charge >= 0.3 is 5.97 Å². The summed E-state index contributed by atoms with van der Waals surface area (Å²) in [4.78, 5) is 14.8. The van der Waals surface area contributed by atoms with E-state index in [4.69, 9.17) is 14.2 Å². The maximum absolute atomic E-state index is 10.7. The molecule has 0 amide bonds. The molecule has 0 unspecified atom stereocenters. The molecule has 0 bridgehead atoms. The van der Waals surface area contributed by atoms with E-state index in [-0.39, 0.29) is 6.61 Å². The van der Waals surface area contributed by atoms with Crippen molar-refractivity contribution in [2.24, 2.45) is 5.90 Å². The van der Waals surface area contributed by atoms with Gasteiger partial charge in [0.05, 0.1) is 19.8 Å². The maximum atomic E-state index is 10.7. The summed E-state index contributed by atoms with van der Waals surface area (Å²) in [5, 5.41) is 0. The summed E-state index contributed by atoms with van der Waals surface area (Å²) in [5.41, 5.74) is 0. The van der Waals surface area contributed by atoms with Crippen LogP contribution in [0, 0.1) is 0 Å². The molecule has 0 aliphatic rings. The van der Waals surface area contributed by atoms with Crippen LogP contribution in [0.1, 0.15) is 6.42 Å². The highest BCUT2D eigenvalue weighted by Crippen LogP contribution is 1.86. The van der Waals surface area contributed by atoms with E-state index < -0.39 is 5.97 Å². The second kappa shape index (κ2) is 10.4. The van der Waals surface area contributed by atoms with Crippen molar-refractivity contribution in [1.82, 2.24) is 0 Å². The number of hydrogen-bond donors (Lipinski definition) is 1. The molecule has 6 nitrogen and oxygen atoms in total. The number of ether oxygens (including phenoxy) is 3. The van der Waals surface area contributed by atoms with Gasteiger partial charge in [0.25, 0.3) is 0 Å². The summed E-state index contributed by atoms with van der Waals surface area (Å²) in [5.74, 6) is 4.21. The van der Waals surface area contributed by atoms with E-state index in [0.29, 0.717) is 32.8 Å². The molecular formula is C8H17NO5. The Hall–Kier alpha value is -0.690. The topological polar surface area (TPSA) is 80.0 Å². The molecule has 0 aliphatic carbocycles. The molecule has 0 saturated heterocycles. The van der Waals surface area contributed by atoms with Crippen LogP contribution in [0.25, 0.3) is 0 Å². The first kappa shape index (κ1) is 13.3. The van der Waals surface area contributed by atoms with Gasteiger partial charge in [-0.05, 0) is 0 Å². The van der Waals surface area contributed by atoms with Crippen molar-refractivity contribution in [2.45, 2.75) is 6.42 Å². The van der Waals surface area contributed by atoms with Crippen molar-refractivity contribution >= 4 is 5.97 Å². The smallest absolute Gasteiger partial charge is 0.334 e. The second-order valence-corrected chi connectivity index (χ2v) is 2.49. The van der Waals surface area contributed by atoms with Crippen LogP contribution in [-0.2, 0) is 23.8 Å². The Labute approximate surface area is 83.2 Å². The van der Waals surface area contributed by atoms with Gasteiger partial charge in [0.2, 0.25) is 0 Å². The third-order valence-electron chi connectivity index (χ3n) is 1.33.